The Morgan fingerprint density at radius 2 is 1.33 bits per heavy atom. The lowest BCUT2D eigenvalue weighted by molar-refractivity contribution is -0.155. The second-order valence-corrected chi connectivity index (χ2v) is 14.2. The predicted molar refractivity (Wildman–Crippen MR) is 206 cm³/mol. The molecule has 10 nitrogen and oxygen atoms in total. The highest BCUT2D eigenvalue weighted by molar-refractivity contribution is 9.08. The minimum atomic E-state index is -0.536. The standard InChI is InChI=1S/C26H28ClN3O4.C12H11BrClNO2/c1-26(2,3)34-22(31)15-30-12-11-16-9-10-17(13-20(16)30)28-14-21-24(25(32)33-5)23-18(27)7-6-8-19(23)29(21)4;1-15-8-5-3-4-7(14)10(8)11(9(15)6-13)12(16)17-2/h6-13,28H,14-15H2,1-5H3;3-5H,6H2,1-2H3. The van der Waals surface area contributed by atoms with Gasteiger partial charge in [0, 0.05) is 47.8 Å². The van der Waals surface area contributed by atoms with Gasteiger partial charge < -0.3 is 33.2 Å². The van der Waals surface area contributed by atoms with Gasteiger partial charge >= 0.3 is 17.9 Å². The zero-order chi connectivity index (χ0) is 37.2. The maximum absolute atomic E-state index is 12.6. The van der Waals surface area contributed by atoms with Crippen molar-refractivity contribution in [2.75, 3.05) is 19.5 Å². The number of fused-ring (bicyclic) bond motifs is 3. The average molecular weight is 799 g/mol. The molecule has 268 valence electrons. The minimum Gasteiger partial charge on any atom is -0.465 e. The molecule has 0 aliphatic rings. The van der Waals surface area contributed by atoms with Crippen LogP contribution in [-0.4, -0.2) is 51.4 Å². The van der Waals surface area contributed by atoms with Crippen LogP contribution in [-0.2, 0) is 51.5 Å². The molecule has 0 fully saturated rings. The van der Waals surface area contributed by atoms with Crippen LogP contribution in [0.25, 0.3) is 32.7 Å². The van der Waals surface area contributed by atoms with Gasteiger partial charge in [-0.15, -0.1) is 0 Å². The predicted octanol–water partition coefficient (Wildman–Crippen LogP) is 9.04. The number of rotatable bonds is 8. The van der Waals surface area contributed by atoms with Gasteiger partial charge in [-0.1, -0.05) is 57.3 Å². The number of methoxy groups -OCH3 is 2. The van der Waals surface area contributed by atoms with E-state index in [0.29, 0.717) is 38.4 Å². The fraction of sp³-hybridized carbons (Fsp3) is 0.289. The number of carbonyl (C=O) groups is 3. The number of anilines is 1. The van der Waals surface area contributed by atoms with E-state index in [0.717, 1.165) is 44.4 Å². The molecule has 6 aromatic rings. The quantitative estimate of drug-likeness (QED) is 0.0931. The summed E-state index contributed by atoms with van der Waals surface area (Å²) in [5.74, 6) is -1.09. The van der Waals surface area contributed by atoms with E-state index in [-0.39, 0.29) is 18.5 Å². The van der Waals surface area contributed by atoms with Crippen LogP contribution < -0.4 is 5.32 Å². The van der Waals surface area contributed by atoms with Gasteiger partial charge in [0.1, 0.15) is 12.1 Å². The minimum absolute atomic E-state index is 0.123. The van der Waals surface area contributed by atoms with Gasteiger partial charge in [0.05, 0.1) is 64.2 Å². The van der Waals surface area contributed by atoms with Crippen LogP contribution in [0.2, 0.25) is 10.0 Å². The number of carbonyl (C=O) groups excluding carboxylic acids is 3. The van der Waals surface area contributed by atoms with Crippen LogP contribution in [0, 0.1) is 0 Å². The van der Waals surface area contributed by atoms with Crippen molar-refractivity contribution in [2.45, 2.75) is 44.8 Å². The van der Waals surface area contributed by atoms with Crippen molar-refractivity contribution in [1.82, 2.24) is 13.7 Å². The topological polar surface area (TPSA) is 106 Å². The Kier molecular flexibility index (Phi) is 11.4. The number of benzene rings is 3. The van der Waals surface area contributed by atoms with Gasteiger partial charge in [-0.3, -0.25) is 4.79 Å². The highest BCUT2D eigenvalue weighted by atomic mass is 79.9. The van der Waals surface area contributed by atoms with Gasteiger partial charge in [0.2, 0.25) is 0 Å². The number of hydrogen-bond donors (Lipinski definition) is 1. The van der Waals surface area contributed by atoms with Crippen LogP contribution in [0.5, 0.6) is 0 Å². The summed E-state index contributed by atoms with van der Waals surface area (Å²) >= 11 is 16.0. The molecule has 1 N–H and O–H groups in total. The lowest BCUT2D eigenvalue weighted by atomic mass is 10.1. The third-order valence-corrected chi connectivity index (χ3v) is 9.61. The van der Waals surface area contributed by atoms with Crippen LogP contribution in [0.15, 0.2) is 66.9 Å². The summed E-state index contributed by atoms with van der Waals surface area (Å²) in [6.45, 7) is 6.05. The summed E-state index contributed by atoms with van der Waals surface area (Å²) in [7, 11) is 6.54. The van der Waals surface area contributed by atoms with Crippen molar-refractivity contribution >= 4 is 95.4 Å². The lowest BCUT2D eigenvalue weighted by Gasteiger charge is -2.19. The molecule has 13 heteroatoms. The first-order valence-electron chi connectivity index (χ1n) is 16.0. The average Bonchev–Trinajstić information content (AvgIpc) is 3.72. The van der Waals surface area contributed by atoms with Gasteiger partial charge in [0.15, 0.2) is 0 Å². The Labute approximate surface area is 314 Å². The molecule has 0 radical (unpaired) electrons. The van der Waals surface area contributed by atoms with Gasteiger partial charge in [-0.05, 0) is 68.6 Å². The first-order chi connectivity index (χ1) is 24.2. The van der Waals surface area contributed by atoms with Crippen molar-refractivity contribution in [3.05, 3.63) is 99.4 Å². The van der Waals surface area contributed by atoms with E-state index in [2.05, 4.69) is 21.2 Å². The normalized spacial score (nSPS) is 11.4. The largest absolute Gasteiger partial charge is 0.465 e. The third-order valence-electron chi connectivity index (χ3n) is 8.45. The molecule has 3 aromatic heterocycles. The molecule has 0 atom stereocenters. The van der Waals surface area contributed by atoms with Crippen LogP contribution in [0.4, 0.5) is 5.69 Å². The number of halogens is 3. The van der Waals surface area contributed by atoms with Crippen molar-refractivity contribution in [1.29, 1.82) is 0 Å². The van der Waals surface area contributed by atoms with Crippen molar-refractivity contribution in [3.63, 3.8) is 0 Å². The van der Waals surface area contributed by atoms with E-state index in [1.807, 2.05) is 103 Å². The molecular weight excluding hydrogens is 759 g/mol. The number of ether oxygens (including phenoxy) is 3. The number of hydrogen-bond acceptors (Lipinski definition) is 7. The molecule has 0 aliphatic carbocycles. The molecule has 0 bridgehead atoms. The van der Waals surface area contributed by atoms with Crippen molar-refractivity contribution in [2.24, 2.45) is 14.1 Å². The molecule has 0 unspecified atom stereocenters. The Hall–Kier alpha value is -4.45. The van der Waals surface area contributed by atoms with E-state index in [4.69, 9.17) is 37.4 Å². The summed E-state index contributed by atoms with van der Waals surface area (Å²) in [5.41, 5.74) is 5.61. The smallest absolute Gasteiger partial charge is 0.340 e. The van der Waals surface area contributed by atoms with Crippen LogP contribution >= 0.6 is 39.1 Å². The van der Waals surface area contributed by atoms with Crippen molar-refractivity contribution < 1.29 is 28.6 Å². The first kappa shape index (κ1) is 37.8. The number of nitrogens with one attached hydrogen (secondary N) is 1. The summed E-state index contributed by atoms with van der Waals surface area (Å²) in [5, 5.41) is 7.47. The monoisotopic (exact) mass is 796 g/mol. The Morgan fingerprint density at radius 1 is 0.784 bits per heavy atom. The summed E-state index contributed by atoms with van der Waals surface area (Å²) < 4.78 is 21.1. The molecule has 3 aromatic carbocycles. The molecule has 0 saturated heterocycles. The van der Waals surface area contributed by atoms with E-state index in [9.17, 15) is 14.4 Å². The van der Waals surface area contributed by atoms with E-state index in [1.165, 1.54) is 14.2 Å². The Bertz CT molecular complexity index is 2280. The van der Waals surface area contributed by atoms with E-state index < -0.39 is 11.6 Å². The summed E-state index contributed by atoms with van der Waals surface area (Å²) in [6.07, 6.45) is 1.87. The second-order valence-electron chi connectivity index (χ2n) is 12.8. The highest BCUT2D eigenvalue weighted by Crippen LogP contribution is 2.34. The lowest BCUT2D eigenvalue weighted by Crippen LogP contribution is -2.26. The van der Waals surface area contributed by atoms with Crippen LogP contribution in [0.1, 0.15) is 52.9 Å². The van der Waals surface area contributed by atoms with Gasteiger partial charge in [-0.2, -0.15) is 0 Å². The Balaban J connectivity index is 0.000000248. The zero-order valence-electron chi connectivity index (χ0n) is 29.4. The maximum atomic E-state index is 12.6. The van der Waals surface area contributed by atoms with Gasteiger partial charge in [0.25, 0.3) is 0 Å². The highest BCUT2D eigenvalue weighted by Gasteiger charge is 2.25. The third kappa shape index (κ3) is 7.75. The number of alkyl halides is 1. The van der Waals surface area contributed by atoms with E-state index >= 15 is 0 Å². The molecule has 0 amide bonds. The van der Waals surface area contributed by atoms with E-state index in [1.54, 1.807) is 12.1 Å². The number of aryl methyl sites for hydroxylation is 2. The molecule has 0 spiro atoms. The molecule has 51 heavy (non-hydrogen) atoms. The molecule has 0 saturated carbocycles. The summed E-state index contributed by atoms with van der Waals surface area (Å²) in [6, 6.07) is 19.0. The maximum Gasteiger partial charge on any atom is 0.340 e. The second kappa shape index (κ2) is 15.4. The number of esters is 3. The van der Waals surface area contributed by atoms with Gasteiger partial charge in [-0.25, -0.2) is 9.59 Å². The fourth-order valence-corrected chi connectivity index (χ4v) is 7.32. The first-order valence-corrected chi connectivity index (χ1v) is 17.9. The SMILES string of the molecule is COC(=O)c1c(CBr)n(C)c2cccc(Cl)c12.COC(=O)c1c(CNc2ccc3ccn(CC(=O)OC(C)(C)C)c3c2)n(C)c2cccc(Cl)c12. The molecule has 3 heterocycles. The van der Waals surface area contributed by atoms with Crippen molar-refractivity contribution in [3.8, 4) is 0 Å². The molecule has 0 aliphatic heterocycles. The number of aromatic nitrogens is 3. The van der Waals surface area contributed by atoms with Crippen LogP contribution in [0.3, 0.4) is 0 Å². The fourth-order valence-electron chi connectivity index (χ4n) is 6.13. The number of nitrogens with zero attached hydrogens (tertiary/aromatic N) is 3. The molecule has 6 rings (SSSR count). The molecular formula is C38H39BrCl2N4O6. The summed E-state index contributed by atoms with van der Waals surface area (Å²) in [4.78, 5) is 36.8. The zero-order valence-corrected chi connectivity index (χ0v) is 32.5. The Morgan fingerprint density at radius 3 is 1.86 bits per heavy atom.